The number of benzene rings is 1. The van der Waals surface area contributed by atoms with Crippen LogP contribution in [0.2, 0.25) is 0 Å². The fourth-order valence-corrected chi connectivity index (χ4v) is 3.58. The molecule has 0 saturated carbocycles. The summed E-state index contributed by atoms with van der Waals surface area (Å²) in [4.78, 5) is 14.8. The average molecular weight is 396 g/mol. The summed E-state index contributed by atoms with van der Waals surface area (Å²) in [6.45, 7) is 2.35. The van der Waals surface area contributed by atoms with Gasteiger partial charge in [-0.3, -0.25) is 9.69 Å². The van der Waals surface area contributed by atoms with Crippen LogP contribution in [-0.2, 0) is 11.3 Å². The number of nitrogens with one attached hydrogen (secondary N) is 1. The van der Waals surface area contributed by atoms with Crippen LogP contribution in [0.4, 0.5) is 5.69 Å². The molecule has 150 valence electrons. The number of anilines is 1. The van der Waals surface area contributed by atoms with Crippen molar-refractivity contribution in [3.8, 4) is 23.1 Å². The Morgan fingerprint density at radius 1 is 1.14 bits per heavy atom. The summed E-state index contributed by atoms with van der Waals surface area (Å²) in [7, 11) is 0. The molecule has 3 aromatic rings. The first-order valence-electron chi connectivity index (χ1n) is 9.54. The lowest BCUT2D eigenvalue weighted by atomic mass is 9.96. The third-order valence-corrected chi connectivity index (χ3v) is 5.16. The van der Waals surface area contributed by atoms with E-state index in [1.165, 1.54) is 0 Å². The largest absolute Gasteiger partial charge is 0.459 e. The van der Waals surface area contributed by atoms with Crippen molar-refractivity contribution in [3.05, 3.63) is 42.5 Å². The Balaban J connectivity index is 1.13. The predicted molar refractivity (Wildman–Crippen MR) is 101 cm³/mol. The van der Waals surface area contributed by atoms with Crippen LogP contribution in [-0.4, -0.2) is 40.9 Å². The number of hydrogen-bond acceptors (Lipinski definition) is 8. The van der Waals surface area contributed by atoms with E-state index in [9.17, 15) is 4.79 Å². The quantitative estimate of drug-likeness (QED) is 0.702. The van der Waals surface area contributed by atoms with Crippen molar-refractivity contribution in [1.29, 1.82) is 0 Å². The number of hydrogen-bond donors (Lipinski definition) is 1. The minimum Gasteiger partial charge on any atom is -0.459 e. The standard InChI is InChI=1S/C20H20N4O5/c25-19(21-14-3-4-15-17(10-14)28-12-27-15)13-5-7-24(8-6-13)11-18-22-23-20(29-18)16-2-1-9-26-16/h1-4,9-10,13H,5-8,11-12H2,(H,21,25). The van der Waals surface area contributed by atoms with Crippen LogP contribution >= 0.6 is 0 Å². The first-order valence-corrected chi connectivity index (χ1v) is 9.54. The van der Waals surface area contributed by atoms with Crippen molar-refractivity contribution in [1.82, 2.24) is 15.1 Å². The molecule has 0 atom stereocenters. The Morgan fingerprint density at radius 2 is 2.00 bits per heavy atom. The molecular weight excluding hydrogens is 376 g/mol. The van der Waals surface area contributed by atoms with E-state index in [0.717, 1.165) is 31.6 Å². The first kappa shape index (κ1) is 17.7. The van der Waals surface area contributed by atoms with E-state index in [2.05, 4.69) is 20.4 Å². The first-order chi connectivity index (χ1) is 14.2. The number of nitrogens with zero attached hydrogens (tertiary/aromatic N) is 3. The predicted octanol–water partition coefficient (Wildman–Crippen LogP) is 2.91. The van der Waals surface area contributed by atoms with Gasteiger partial charge in [-0.1, -0.05) is 0 Å². The molecule has 0 spiro atoms. The highest BCUT2D eigenvalue weighted by atomic mass is 16.7. The van der Waals surface area contributed by atoms with Crippen molar-refractivity contribution in [2.45, 2.75) is 19.4 Å². The summed E-state index contributed by atoms with van der Waals surface area (Å²) in [6, 6.07) is 8.98. The highest BCUT2D eigenvalue weighted by Crippen LogP contribution is 2.34. The van der Waals surface area contributed by atoms with E-state index in [1.54, 1.807) is 24.5 Å². The van der Waals surface area contributed by atoms with Crippen molar-refractivity contribution < 1.29 is 23.1 Å². The van der Waals surface area contributed by atoms with Gasteiger partial charge in [-0.05, 0) is 50.2 Å². The molecule has 0 radical (unpaired) electrons. The van der Waals surface area contributed by atoms with E-state index in [1.807, 2.05) is 12.1 Å². The van der Waals surface area contributed by atoms with Gasteiger partial charge in [-0.15, -0.1) is 10.2 Å². The van der Waals surface area contributed by atoms with Gasteiger partial charge in [0.2, 0.25) is 18.6 Å². The molecule has 2 aliphatic rings. The van der Waals surface area contributed by atoms with Gasteiger partial charge in [-0.2, -0.15) is 0 Å². The topological polar surface area (TPSA) is 103 Å². The molecule has 29 heavy (non-hydrogen) atoms. The van der Waals surface area contributed by atoms with Crippen LogP contribution in [0.1, 0.15) is 18.7 Å². The Morgan fingerprint density at radius 3 is 2.83 bits per heavy atom. The molecule has 2 aromatic heterocycles. The van der Waals surface area contributed by atoms with Crippen LogP contribution in [0.15, 0.2) is 45.4 Å². The molecule has 0 aliphatic carbocycles. The molecule has 9 nitrogen and oxygen atoms in total. The van der Waals surface area contributed by atoms with Crippen LogP contribution in [0, 0.1) is 5.92 Å². The number of ether oxygens (including phenoxy) is 2. The smallest absolute Gasteiger partial charge is 0.283 e. The van der Waals surface area contributed by atoms with Crippen molar-refractivity contribution in [2.24, 2.45) is 5.92 Å². The van der Waals surface area contributed by atoms with Gasteiger partial charge in [0.25, 0.3) is 5.89 Å². The third kappa shape index (κ3) is 3.81. The highest BCUT2D eigenvalue weighted by Gasteiger charge is 2.26. The van der Waals surface area contributed by atoms with Gasteiger partial charge in [0.05, 0.1) is 12.8 Å². The summed E-state index contributed by atoms with van der Waals surface area (Å²) in [5.74, 6) is 2.84. The lowest BCUT2D eigenvalue weighted by Crippen LogP contribution is -2.37. The highest BCUT2D eigenvalue weighted by molar-refractivity contribution is 5.93. The molecule has 2 aliphatic heterocycles. The second-order valence-corrected chi connectivity index (χ2v) is 7.09. The van der Waals surface area contributed by atoms with Crippen LogP contribution in [0.5, 0.6) is 11.5 Å². The average Bonchev–Trinajstić information content (AvgIpc) is 3.49. The summed E-state index contributed by atoms with van der Waals surface area (Å²) in [5.41, 5.74) is 0.720. The summed E-state index contributed by atoms with van der Waals surface area (Å²) in [5, 5.41) is 11.1. The van der Waals surface area contributed by atoms with Crippen molar-refractivity contribution >= 4 is 11.6 Å². The summed E-state index contributed by atoms with van der Waals surface area (Å²) < 4.78 is 21.6. The summed E-state index contributed by atoms with van der Waals surface area (Å²) in [6.07, 6.45) is 3.11. The van der Waals surface area contributed by atoms with E-state index in [4.69, 9.17) is 18.3 Å². The zero-order valence-corrected chi connectivity index (χ0v) is 15.7. The molecule has 9 heteroatoms. The molecule has 0 bridgehead atoms. The summed E-state index contributed by atoms with van der Waals surface area (Å²) >= 11 is 0. The van der Waals surface area contributed by atoms with E-state index >= 15 is 0 Å². The second-order valence-electron chi connectivity index (χ2n) is 7.09. The van der Waals surface area contributed by atoms with Crippen molar-refractivity contribution in [2.75, 3.05) is 25.2 Å². The Labute approximate surface area is 166 Å². The fourth-order valence-electron chi connectivity index (χ4n) is 3.58. The van der Waals surface area contributed by atoms with E-state index in [0.29, 0.717) is 35.6 Å². The number of fused-ring (bicyclic) bond motifs is 1. The normalized spacial score (nSPS) is 16.8. The van der Waals surface area contributed by atoms with Crippen molar-refractivity contribution in [3.63, 3.8) is 0 Å². The molecule has 4 heterocycles. The number of rotatable bonds is 5. The van der Waals surface area contributed by atoms with E-state index < -0.39 is 0 Å². The van der Waals surface area contributed by atoms with Crippen LogP contribution in [0.3, 0.4) is 0 Å². The number of furan rings is 1. The number of likely N-dealkylation sites (tertiary alicyclic amines) is 1. The molecule has 1 aromatic carbocycles. The molecular formula is C20H20N4O5. The molecule has 1 fully saturated rings. The van der Waals surface area contributed by atoms with Gasteiger partial charge in [0.15, 0.2) is 17.3 Å². The van der Waals surface area contributed by atoms with Gasteiger partial charge in [0.1, 0.15) is 0 Å². The maximum Gasteiger partial charge on any atom is 0.283 e. The number of amides is 1. The minimum absolute atomic E-state index is 0.0291. The molecule has 1 amide bonds. The zero-order valence-electron chi connectivity index (χ0n) is 15.7. The number of piperidine rings is 1. The number of carbonyl (C=O) groups excluding carboxylic acids is 1. The van der Waals surface area contributed by atoms with Gasteiger partial charge in [0, 0.05) is 17.7 Å². The van der Waals surface area contributed by atoms with Crippen LogP contribution in [0.25, 0.3) is 11.7 Å². The minimum atomic E-state index is -0.0296. The maximum atomic E-state index is 12.6. The lowest BCUT2D eigenvalue weighted by Gasteiger charge is -2.30. The second kappa shape index (κ2) is 7.59. The molecule has 1 N–H and O–H groups in total. The van der Waals surface area contributed by atoms with Gasteiger partial charge in [-0.25, -0.2) is 0 Å². The zero-order chi connectivity index (χ0) is 19.6. The van der Waals surface area contributed by atoms with Crippen LogP contribution < -0.4 is 14.8 Å². The fraction of sp³-hybridized carbons (Fsp3) is 0.350. The SMILES string of the molecule is O=C(Nc1ccc2c(c1)OCO2)C1CCN(Cc2nnc(-c3ccco3)o2)CC1. The lowest BCUT2D eigenvalue weighted by molar-refractivity contribution is -0.121. The van der Waals surface area contributed by atoms with Gasteiger partial charge >= 0.3 is 0 Å². The monoisotopic (exact) mass is 396 g/mol. The molecule has 5 rings (SSSR count). The molecule has 1 saturated heterocycles. The molecule has 0 unspecified atom stereocenters. The third-order valence-electron chi connectivity index (χ3n) is 5.16. The number of aromatic nitrogens is 2. The maximum absolute atomic E-state index is 12.6. The van der Waals surface area contributed by atoms with Gasteiger partial charge < -0.3 is 23.6 Å². The Kier molecular flexibility index (Phi) is 4.65. The van der Waals surface area contributed by atoms with E-state index in [-0.39, 0.29) is 18.6 Å². The Bertz CT molecular complexity index is 992. The Hall–Kier alpha value is -3.33. The number of carbonyl (C=O) groups is 1.